The van der Waals surface area contributed by atoms with E-state index in [4.69, 9.17) is 0 Å². The van der Waals surface area contributed by atoms with Crippen LogP contribution in [0.5, 0.6) is 0 Å². The van der Waals surface area contributed by atoms with Crippen molar-refractivity contribution < 1.29 is 4.92 Å². The largest absolute Gasteiger partial charge is 0.269 e. The van der Waals surface area contributed by atoms with Crippen LogP contribution in [0.25, 0.3) is 0 Å². The molecule has 3 nitrogen and oxygen atoms in total. The van der Waals surface area contributed by atoms with Gasteiger partial charge in [-0.1, -0.05) is 53.2 Å². The van der Waals surface area contributed by atoms with Gasteiger partial charge in [-0.3, -0.25) is 10.1 Å². The lowest BCUT2D eigenvalue weighted by Crippen LogP contribution is -1.88. The van der Waals surface area contributed by atoms with Crippen molar-refractivity contribution >= 4 is 5.69 Å². The van der Waals surface area contributed by atoms with Crippen molar-refractivity contribution in [2.75, 3.05) is 0 Å². The molecule has 0 aliphatic rings. The first-order valence-corrected chi connectivity index (χ1v) is 5.97. The number of non-ortho nitro benzene ring substituents is 1. The minimum absolute atomic E-state index is 0.162. The van der Waals surface area contributed by atoms with Crippen LogP contribution in [0.2, 0.25) is 0 Å². The van der Waals surface area contributed by atoms with E-state index in [1.54, 1.807) is 12.1 Å². The van der Waals surface area contributed by atoms with Crippen molar-refractivity contribution in [2.24, 2.45) is 0 Å². The normalized spacial score (nSPS) is 8.06. The maximum atomic E-state index is 10.3. The van der Waals surface area contributed by atoms with Crippen LogP contribution in [-0.4, -0.2) is 4.92 Å². The summed E-state index contributed by atoms with van der Waals surface area (Å²) in [6.45, 7) is 10.1. The van der Waals surface area contributed by atoms with Crippen molar-refractivity contribution in [1.82, 2.24) is 0 Å². The number of benzene rings is 1. The van der Waals surface area contributed by atoms with Crippen LogP contribution in [0, 0.1) is 10.1 Å². The minimum atomic E-state index is -0.379. The summed E-state index contributed by atoms with van der Waals surface area (Å²) in [4.78, 5) is 9.90. The Morgan fingerprint density at radius 1 is 1.06 bits per heavy atom. The highest BCUT2D eigenvalue weighted by Crippen LogP contribution is 2.12. The van der Waals surface area contributed by atoms with Crippen LogP contribution in [0.4, 0.5) is 5.69 Å². The lowest BCUT2D eigenvalue weighted by molar-refractivity contribution is -0.384. The molecule has 0 fully saturated rings. The Hall–Kier alpha value is -1.38. The molecule has 0 unspecified atom stereocenters. The molecule has 0 saturated heterocycles. The molecular formula is C13H23NO2. The van der Waals surface area contributed by atoms with Gasteiger partial charge < -0.3 is 0 Å². The van der Waals surface area contributed by atoms with E-state index in [2.05, 4.69) is 6.92 Å². The van der Waals surface area contributed by atoms with Crippen LogP contribution in [0.1, 0.15) is 46.6 Å². The first-order valence-electron chi connectivity index (χ1n) is 5.97. The predicted octanol–water partition coefficient (Wildman–Crippen LogP) is 4.60. The van der Waals surface area contributed by atoms with Crippen molar-refractivity contribution in [3.8, 4) is 0 Å². The van der Waals surface area contributed by atoms with E-state index in [1.807, 2.05) is 39.8 Å². The Labute approximate surface area is 98.7 Å². The fourth-order valence-corrected chi connectivity index (χ4v) is 1.07. The van der Waals surface area contributed by atoms with E-state index in [0.29, 0.717) is 0 Å². The van der Waals surface area contributed by atoms with Crippen LogP contribution in [-0.2, 0) is 6.42 Å². The molecule has 16 heavy (non-hydrogen) atoms. The summed E-state index contributed by atoms with van der Waals surface area (Å²) in [6.07, 6.45) is 2.05. The lowest BCUT2D eigenvalue weighted by Gasteiger charge is -1.96. The molecule has 0 amide bonds. The second-order valence-electron chi connectivity index (χ2n) is 2.67. The molecule has 92 valence electrons. The Bertz CT molecular complexity index is 268. The standard InChI is InChI=1S/C9H11NO2.2C2H6/c1-2-3-8-4-6-9(7-5-8)10(11)12;2*1-2/h4-7H,2-3H2,1H3;2*1-2H3. The summed E-state index contributed by atoms with van der Waals surface area (Å²) < 4.78 is 0. The second kappa shape index (κ2) is 11.7. The van der Waals surface area contributed by atoms with Gasteiger partial charge in [-0.2, -0.15) is 0 Å². The van der Waals surface area contributed by atoms with Gasteiger partial charge in [-0.05, 0) is 12.0 Å². The average molecular weight is 225 g/mol. The van der Waals surface area contributed by atoms with Crippen molar-refractivity contribution in [3.05, 3.63) is 39.9 Å². The zero-order valence-electron chi connectivity index (χ0n) is 11.0. The molecule has 1 rings (SSSR count). The van der Waals surface area contributed by atoms with E-state index in [0.717, 1.165) is 18.4 Å². The molecule has 0 radical (unpaired) electrons. The first kappa shape index (κ1) is 17.0. The molecular weight excluding hydrogens is 202 g/mol. The fraction of sp³-hybridized carbons (Fsp3) is 0.538. The highest BCUT2D eigenvalue weighted by Gasteiger charge is 2.02. The summed E-state index contributed by atoms with van der Waals surface area (Å²) in [5, 5.41) is 10.3. The number of hydrogen-bond donors (Lipinski definition) is 0. The number of rotatable bonds is 3. The Morgan fingerprint density at radius 2 is 1.50 bits per heavy atom. The molecule has 0 aliphatic heterocycles. The van der Waals surface area contributed by atoms with E-state index in [1.165, 1.54) is 0 Å². The zero-order chi connectivity index (χ0) is 13.0. The molecule has 0 aliphatic carbocycles. The first-order chi connectivity index (χ1) is 7.74. The molecule has 0 heterocycles. The van der Waals surface area contributed by atoms with Gasteiger partial charge in [-0.25, -0.2) is 0 Å². The predicted molar refractivity (Wildman–Crippen MR) is 69.8 cm³/mol. The van der Waals surface area contributed by atoms with E-state index in [9.17, 15) is 10.1 Å². The summed E-state index contributed by atoms with van der Waals surface area (Å²) in [5.41, 5.74) is 1.32. The Balaban J connectivity index is 0. The Kier molecular flexibility index (Phi) is 12.4. The van der Waals surface area contributed by atoms with Crippen molar-refractivity contribution in [1.29, 1.82) is 0 Å². The monoisotopic (exact) mass is 225 g/mol. The minimum Gasteiger partial charge on any atom is -0.258 e. The van der Waals surface area contributed by atoms with Crippen LogP contribution in [0.3, 0.4) is 0 Å². The smallest absolute Gasteiger partial charge is 0.258 e. The molecule has 0 aromatic heterocycles. The molecule has 0 saturated carbocycles. The summed E-state index contributed by atoms with van der Waals surface area (Å²) in [7, 11) is 0. The van der Waals surface area contributed by atoms with Gasteiger partial charge in [-0.15, -0.1) is 0 Å². The van der Waals surface area contributed by atoms with Gasteiger partial charge in [0.1, 0.15) is 0 Å². The lowest BCUT2D eigenvalue weighted by atomic mass is 10.1. The number of aryl methyl sites for hydroxylation is 1. The highest BCUT2D eigenvalue weighted by atomic mass is 16.6. The molecule has 1 aromatic rings. The second-order valence-corrected chi connectivity index (χ2v) is 2.67. The van der Waals surface area contributed by atoms with Gasteiger partial charge in [0.15, 0.2) is 0 Å². The number of nitrogens with zero attached hydrogens (tertiary/aromatic N) is 1. The van der Waals surface area contributed by atoms with Gasteiger partial charge in [0, 0.05) is 12.1 Å². The van der Waals surface area contributed by atoms with Gasteiger partial charge >= 0.3 is 0 Å². The summed E-state index contributed by atoms with van der Waals surface area (Å²) >= 11 is 0. The zero-order valence-corrected chi connectivity index (χ0v) is 11.0. The fourth-order valence-electron chi connectivity index (χ4n) is 1.07. The maximum absolute atomic E-state index is 10.3. The molecule has 0 bridgehead atoms. The van der Waals surface area contributed by atoms with Crippen molar-refractivity contribution in [3.63, 3.8) is 0 Å². The van der Waals surface area contributed by atoms with E-state index in [-0.39, 0.29) is 10.6 Å². The third-order valence-electron chi connectivity index (χ3n) is 1.69. The Morgan fingerprint density at radius 3 is 1.81 bits per heavy atom. The van der Waals surface area contributed by atoms with Crippen LogP contribution < -0.4 is 0 Å². The quantitative estimate of drug-likeness (QED) is 0.557. The molecule has 0 atom stereocenters. The van der Waals surface area contributed by atoms with E-state index < -0.39 is 0 Å². The average Bonchev–Trinajstić information content (AvgIpc) is 2.35. The van der Waals surface area contributed by atoms with Crippen LogP contribution >= 0.6 is 0 Å². The summed E-state index contributed by atoms with van der Waals surface area (Å²) in [5.74, 6) is 0. The third-order valence-corrected chi connectivity index (χ3v) is 1.69. The maximum Gasteiger partial charge on any atom is 0.269 e. The van der Waals surface area contributed by atoms with Crippen LogP contribution in [0.15, 0.2) is 24.3 Å². The molecule has 0 spiro atoms. The number of nitro groups is 1. The van der Waals surface area contributed by atoms with Gasteiger partial charge in [0.05, 0.1) is 4.92 Å². The number of nitro benzene ring substituents is 1. The van der Waals surface area contributed by atoms with Gasteiger partial charge in [0.25, 0.3) is 5.69 Å². The van der Waals surface area contributed by atoms with E-state index >= 15 is 0 Å². The highest BCUT2D eigenvalue weighted by molar-refractivity contribution is 5.32. The molecule has 3 heteroatoms. The molecule has 0 N–H and O–H groups in total. The SMILES string of the molecule is CC.CC.CCCc1ccc([N+](=O)[O-])cc1. The molecule has 1 aromatic carbocycles. The number of hydrogen-bond acceptors (Lipinski definition) is 2. The van der Waals surface area contributed by atoms with Crippen molar-refractivity contribution in [2.45, 2.75) is 47.5 Å². The summed E-state index contributed by atoms with van der Waals surface area (Å²) in [6, 6.07) is 6.71. The topological polar surface area (TPSA) is 43.1 Å². The van der Waals surface area contributed by atoms with Gasteiger partial charge in [0.2, 0.25) is 0 Å². The third kappa shape index (κ3) is 6.98.